The first-order valence-electron chi connectivity index (χ1n) is 8.31. The maximum Gasteiger partial charge on any atom is 0.0726 e. The maximum atomic E-state index is 5.78. The van der Waals surface area contributed by atoms with Crippen molar-refractivity contribution in [3.8, 4) is 0 Å². The van der Waals surface area contributed by atoms with Gasteiger partial charge in [-0.05, 0) is 57.0 Å². The van der Waals surface area contributed by atoms with E-state index in [2.05, 4.69) is 10.2 Å². The molecule has 0 aromatic heterocycles. The van der Waals surface area contributed by atoms with Gasteiger partial charge in [-0.1, -0.05) is 12.8 Å². The van der Waals surface area contributed by atoms with E-state index in [0.717, 1.165) is 0 Å². The monoisotopic (exact) mass is 266 g/mol. The second-order valence-corrected chi connectivity index (χ2v) is 6.98. The smallest absolute Gasteiger partial charge is 0.0726 e. The number of nitrogens with one attached hydrogen (secondary N) is 1. The predicted molar refractivity (Wildman–Crippen MR) is 78.4 cm³/mol. The molecular formula is C16H30N2O. The van der Waals surface area contributed by atoms with Crippen molar-refractivity contribution in [2.24, 2.45) is 5.41 Å². The molecule has 2 saturated heterocycles. The van der Waals surface area contributed by atoms with E-state index in [1.165, 1.54) is 77.5 Å². The van der Waals surface area contributed by atoms with Gasteiger partial charge < -0.3 is 10.1 Å². The lowest BCUT2D eigenvalue weighted by Crippen LogP contribution is -2.56. The Morgan fingerprint density at radius 1 is 1.11 bits per heavy atom. The Kier molecular flexibility index (Phi) is 4.45. The lowest BCUT2D eigenvalue weighted by atomic mass is 9.73. The number of piperidine rings is 2. The van der Waals surface area contributed by atoms with Crippen molar-refractivity contribution in [3.05, 3.63) is 0 Å². The highest BCUT2D eigenvalue weighted by atomic mass is 16.5. The van der Waals surface area contributed by atoms with Crippen molar-refractivity contribution in [2.45, 2.75) is 63.5 Å². The molecule has 1 aliphatic carbocycles. The summed E-state index contributed by atoms with van der Waals surface area (Å²) in [5.41, 5.74) is 0.576. The molecule has 0 radical (unpaired) electrons. The van der Waals surface area contributed by atoms with Crippen LogP contribution in [0.15, 0.2) is 0 Å². The first-order chi connectivity index (χ1) is 9.33. The Hall–Kier alpha value is -0.120. The molecule has 3 nitrogen and oxygen atoms in total. The Morgan fingerprint density at radius 3 is 2.74 bits per heavy atom. The zero-order valence-electron chi connectivity index (χ0n) is 12.5. The van der Waals surface area contributed by atoms with Crippen molar-refractivity contribution in [3.63, 3.8) is 0 Å². The Labute approximate surface area is 118 Å². The maximum absolute atomic E-state index is 5.78. The average molecular weight is 266 g/mol. The lowest BCUT2D eigenvalue weighted by Gasteiger charge is -2.50. The predicted octanol–water partition coefficient (Wildman–Crippen LogP) is 2.41. The summed E-state index contributed by atoms with van der Waals surface area (Å²) in [7, 11) is 1.91. The van der Waals surface area contributed by atoms with E-state index >= 15 is 0 Å². The standard InChI is InChI=1S/C16H30N2O/c1-19-15-7-3-2-6-14(15)18-11-5-9-16(13-18)8-4-10-17-12-16/h14-15,17H,2-13H2,1H3. The Balaban J connectivity index is 1.66. The van der Waals surface area contributed by atoms with E-state index in [0.29, 0.717) is 17.6 Å². The van der Waals surface area contributed by atoms with Crippen molar-refractivity contribution in [1.82, 2.24) is 10.2 Å². The van der Waals surface area contributed by atoms with Crippen LogP contribution < -0.4 is 5.32 Å². The quantitative estimate of drug-likeness (QED) is 0.830. The molecule has 0 bridgehead atoms. The van der Waals surface area contributed by atoms with Crippen molar-refractivity contribution >= 4 is 0 Å². The molecule has 0 aromatic carbocycles. The van der Waals surface area contributed by atoms with Crippen LogP contribution in [0.3, 0.4) is 0 Å². The molecule has 2 heterocycles. The summed E-state index contributed by atoms with van der Waals surface area (Å²) < 4.78 is 5.78. The first kappa shape index (κ1) is 13.8. The fraction of sp³-hybridized carbons (Fsp3) is 1.00. The average Bonchev–Trinajstić information content (AvgIpc) is 2.48. The second-order valence-electron chi connectivity index (χ2n) is 6.98. The normalized spacial score (nSPS) is 41.5. The summed E-state index contributed by atoms with van der Waals surface area (Å²) in [5, 5.41) is 3.64. The van der Waals surface area contributed by atoms with E-state index in [1.54, 1.807) is 0 Å². The van der Waals surface area contributed by atoms with Gasteiger partial charge in [-0.3, -0.25) is 4.90 Å². The first-order valence-corrected chi connectivity index (χ1v) is 8.31. The van der Waals surface area contributed by atoms with Crippen molar-refractivity contribution in [1.29, 1.82) is 0 Å². The molecule has 1 spiro atoms. The molecule has 3 aliphatic rings. The molecule has 3 fully saturated rings. The van der Waals surface area contributed by atoms with Gasteiger partial charge >= 0.3 is 0 Å². The van der Waals surface area contributed by atoms with Gasteiger partial charge in [-0.25, -0.2) is 0 Å². The third-order valence-corrected chi connectivity index (χ3v) is 5.69. The number of hydrogen-bond donors (Lipinski definition) is 1. The third-order valence-electron chi connectivity index (χ3n) is 5.69. The summed E-state index contributed by atoms with van der Waals surface area (Å²) >= 11 is 0. The summed E-state index contributed by atoms with van der Waals surface area (Å²) in [6.45, 7) is 5.08. The van der Waals surface area contributed by atoms with Crippen LogP contribution in [0, 0.1) is 5.41 Å². The highest BCUT2D eigenvalue weighted by Crippen LogP contribution is 2.38. The van der Waals surface area contributed by atoms with Gasteiger partial charge in [0.25, 0.3) is 0 Å². The number of likely N-dealkylation sites (tertiary alicyclic amines) is 1. The minimum atomic E-state index is 0.487. The molecule has 3 heteroatoms. The van der Waals surface area contributed by atoms with Crippen LogP contribution in [0.1, 0.15) is 51.4 Å². The summed E-state index contributed by atoms with van der Waals surface area (Å²) in [6.07, 6.45) is 11.5. The van der Waals surface area contributed by atoms with Gasteiger partial charge in [0.2, 0.25) is 0 Å². The van der Waals surface area contributed by atoms with Crippen LogP contribution in [0.25, 0.3) is 0 Å². The molecule has 19 heavy (non-hydrogen) atoms. The fourth-order valence-electron chi connectivity index (χ4n) is 4.68. The lowest BCUT2D eigenvalue weighted by molar-refractivity contribution is -0.0460. The molecule has 110 valence electrons. The summed E-state index contributed by atoms with van der Waals surface area (Å²) in [6, 6.07) is 0.692. The van der Waals surface area contributed by atoms with E-state index < -0.39 is 0 Å². The topological polar surface area (TPSA) is 24.5 Å². The van der Waals surface area contributed by atoms with E-state index in [-0.39, 0.29) is 0 Å². The van der Waals surface area contributed by atoms with Crippen LogP contribution in [0.5, 0.6) is 0 Å². The van der Waals surface area contributed by atoms with Crippen molar-refractivity contribution < 1.29 is 4.74 Å². The molecule has 0 amide bonds. The Morgan fingerprint density at radius 2 is 1.95 bits per heavy atom. The van der Waals surface area contributed by atoms with E-state index in [9.17, 15) is 0 Å². The molecular weight excluding hydrogens is 236 g/mol. The molecule has 3 unspecified atom stereocenters. The van der Waals surface area contributed by atoms with Crippen LogP contribution in [-0.2, 0) is 4.74 Å². The Bertz CT molecular complexity index is 283. The minimum Gasteiger partial charge on any atom is -0.380 e. The molecule has 3 rings (SSSR count). The van der Waals surface area contributed by atoms with Crippen LogP contribution in [-0.4, -0.2) is 50.3 Å². The summed E-state index contributed by atoms with van der Waals surface area (Å²) in [4.78, 5) is 2.78. The minimum absolute atomic E-state index is 0.487. The highest BCUT2D eigenvalue weighted by Gasteiger charge is 2.40. The number of hydrogen-bond acceptors (Lipinski definition) is 3. The largest absolute Gasteiger partial charge is 0.380 e. The zero-order valence-corrected chi connectivity index (χ0v) is 12.5. The number of rotatable bonds is 2. The third kappa shape index (κ3) is 2.98. The van der Waals surface area contributed by atoms with Gasteiger partial charge in [-0.15, -0.1) is 0 Å². The van der Waals surface area contributed by atoms with Crippen LogP contribution in [0.4, 0.5) is 0 Å². The molecule has 2 aliphatic heterocycles. The van der Waals surface area contributed by atoms with Gasteiger partial charge in [-0.2, -0.15) is 0 Å². The number of ether oxygens (including phenoxy) is 1. The molecule has 0 aromatic rings. The van der Waals surface area contributed by atoms with E-state index in [1.807, 2.05) is 7.11 Å². The van der Waals surface area contributed by atoms with Crippen molar-refractivity contribution in [2.75, 3.05) is 33.3 Å². The zero-order chi connectivity index (χ0) is 13.1. The second kappa shape index (κ2) is 6.11. The number of methoxy groups -OCH3 is 1. The SMILES string of the molecule is COC1CCCCC1N1CCCC2(CCCNC2)C1. The van der Waals surface area contributed by atoms with E-state index in [4.69, 9.17) is 4.74 Å². The molecule has 3 atom stereocenters. The molecule has 1 saturated carbocycles. The molecule has 1 N–H and O–H groups in total. The number of nitrogens with zero attached hydrogens (tertiary/aromatic N) is 1. The van der Waals surface area contributed by atoms with Crippen LogP contribution in [0.2, 0.25) is 0 Å². The van der Waals surface area contributed by atoms with Gasteiger partial charge in [0.1, 0.15) is 0 Å². The summed E-state index contributed by atoms with van der Waals surface area (Å²) in [5.74, 6) is 0. The van der Waals surface area contributed by atoms with Gasteiger partial charge in [0.15, 0.2) is 0 Å². The highest BCUT2D eigenvalue weighted by molar-refractivity contribution is 4.95. The van der Waals surface area contributed by atoms with Crippen LogP contribution >= 0.6 is 0 Å². The van der Waals surface area contributed by atoms with Gasteiger partial charge in [0.05, 0.1) is 6.10 Å². The fourth-order valence-corrected chi connectivity index (χ4v) is 4.68. The van der Waals surface area contributed by atoms with Gasteiger partial charge in [0, 0.05) is 26.2 Å².